The molecule has 0 N–H and O–H groups in total. The predicted molar refractivity (Wildman–Crippen MR) is 120 cm³/mol. The first-order valence-corrected chi connectivity index (χ1v) is 10.2. The minimum atomic E-state index is 1.04. The standard InChI is InChI=1S/C26H18S/c1-16-6-11-26(27-16)21-13-20-8-10-22-23(25(20)15-21)9-7-19-12-17-4-2-3-5-18(17)14-24(19)22/h2-12,14-15H,13H2,1H3. The van der Waals surface area contributed by atoms with Crippen molar-refractivity contribution in [2.24, 2.45) is 0 Å². The van der Waals surface area contributed by atoms with Gasteiger partial charge in [-0.05, 0) is 92.7 Å². The van der Waals surface area contributed by atoms with Crippen LogP contribution in [0, 0.1) is 6.92 Å². The smallest absolute Gasteiger partial charge is 0.0308 e. The van der Waals surface area contributed by atoms with E-state index in [1.165, 1.54) is 58.8 Å². The van der Waals surface area contributed by atoms with E-state index < -0.39 is 0 Å². The van der Waals surface area contributed by atoms with Crippen LogP contribution in [-0.4, -0.2) is 0 Å². The highest BCUT2D eigenvalue weighted by molar-refractivity contribution is 7.13. The van der Waals surface area contributed by atoms with Gasteiger partial charge in [-0.1, -0.05) is 48.5 Å². The maximum Gasteiger partial charge on any atom is 0.0308 e. The third kappa shape index (κ3) is 2.28. The maximum absolute atomic E-state index is 2.41. The Balaban J connectivity index is 1.62. The highest BCUT2D eigenvalue weighted by Crippen LogP contribution is 2.40. The van der Waals surface area contributed by atoms with E-state index in [0.29, 0.717) is 0 Å². The number of hydrogen-bond donors (Lipinski definition) is 0. The molecular formula is C26H18S. The van der Waals surface area contributed by atoms with Crippen LogP contribution in [0.2, 0.25) is 0 Å². The van der Waals surface area contributed by atoms with E-state index in [0.717, 1.165) is 6.42 Å². The van der Waals surface area contributed by atoms with Gasteiger partial charge >= 0.3 is 0 Å². The summed E-state index contributed by atoms with van der Waals surface area (Å²) in [5.41, 5.74) is 4.31. The van der Waals surface area contributed by atoms with Crippen LogP contribution in [0.25, 0.3) is 44.0 Å². The minimum absolute atomic E-state index is 1.04. The molecule has 0 spiro atoms. The monoisotopic (exact) mass is 362 g/mol. The average molecular weight is 362 g/mol. The first-order valence-electron chi connectivity index (χ1n) is 9.41. The largest absolute Gasteiger partial charge is 0.141 e. The average Bonchev–Trinajstić information content (AvgIpc) is 3.32. The van der Waals surface area contributed by atoms with Gasteiger partial charge in [-0.2, -0.15) is 0 Å². The van der Waals surface area contributed by atoms with Crippen LogP contribution in [0.5, 0.6) is 0 Å². The van der Waals surface area contributed by atoms with Gasteiger partial charge in [0, 0.05) is 9.75 Å². The third-order valence-corrected chi connectivity index (χ3v) is 6.85. The van der Waals surface area contributed by atoms with Crippen molar-refractivity contribution < 1.29 is 0 Å². The molecule has 1 heteroatoms. The number of aryl methyl sites for hydroxylation is 1. The maximum atomic E-state index is 2.41. The van der Waals surface area contributed by atoms with Crippen molar-refractivity contribution in [1.82, 2.24) is 0 Å². The zero-order valence-electron chi connectivity index (χ0n) is 15.1. The number of fused-ring (bicyclic) bond motifs is 6. The second kappa shape index (κ2) is 5.55. The van der Waals surface area contributed by atoms with Gasteiger partial charge in [0.2, 0.25) is 0 Å². The molecule has 6 rings (SSSR count). The van der Waals surface area contributed by atoms with Crippen LogP contribution in [0.3, 0.4) is 0 Å². The van der Waals surface area contributed by atoms with Gasteiger partial charge in [-0.3, -0.25) is 0 Å². The zero-order valence-corrected chi connectivity index (χ0v) is 15.9. The number of rotatable bonds is 1. The molecule has 1 heterocycles. The molecule has 1 aliphatic rings. The van der Waals surface area contributed by atoms with Crippen molar-refractivity contribution in [2.75, 3.05) is 0 Å². The second-order valence-corrected chi connectivity index (χ2v) is 8.76. The SMILES string of the molecule is Cc1ccc(C2=Cc3c(ccc4c3ccc3cc5ccccc5cc34)C2)s1. The topological polar surface area (TPSA) is 0 Å². The Morgan fingerprint density at radius 2 is 1.52 bits per heavy atom. The van der Waals surface area contributed by atoms with E-state index in [-0.39, 0.29) is 0 Å². The van der Waals surface area contributed by atoms with Crippen molar-refractivity contribution in [3.05, 3.63) is 93.7 Å². The van der Waals surface area contributed by atoms with Crippen LogP contribution >= 0.6 is 11.3 Å². The first kappa shape index (κ1) is 15.2. The fourth-order valence-electron chi connectivity index (χ4n) is 4.42. The molecule has 0 fully saturated rings. The Hall–Kier alpha value is -2.90. The quantitative estimate of drug-likeness (QED) is 0.212. The molecule has 0 aliphatic heterocycles. The van der Waals surface area contributed by atoms with Crippen molar-refractivity contribution in [2.45, 2.75) is 13.3 Å². The van der Waals surface area contributed by atoms with E-state index >= 15 is 0 Å². The normalized spacial score (nSPS) is 13.4. The number of thiophene rings is 1. The summed E-state index contributed by atoms with van der Waals surface area (Å²) in [5, 5.41) is 8.01. The molecule has 0 saturated heterocycles. The molecule has 27 heavy (non-hydrogen) atoms. The third-order valence-electron chi connectivity index (χ3n) is 5.77. The highest BCUT2D eigenvalue weighted by atomic mass is 32.1. The van der Waals surface area contributed by atoms with Gasteiger partial charge in [0.15, 0.2) is 0 Å². The lowest BCUT2D eigenvalue weighted by Crippen LogP contribution is -1.86. The van der Waals surface area contributed by atoms with Crippen molar-refractivity contribution in [1.29, 1.82) is 0 Å². The summed E-state index contributed by atoms with van der Waals surface area (Å²) in [4.78, 5) is 2.79. The summed E-state index contributed by atoms with van der Waals surface area (Å²) in [6, 6.07) is 27.0. The highest BCUT2D eigenvalue weighted by Gasteiger charge is 2.18. The lowest BCUT2D eigenvalue weighted by Gasteiger charge is -2.09. The minimum Gasteiger partial charge on any atom is -0.141 e. The van der Waals surface area contributed by atoms with Crippen LogP contribution in [0.1, 0.15) is 20.9 Å². The van der Waals surface area contributed by atoms with Crippen LogP contribution in [0.4, 0.5) is 0 Å². The molecule has 128 valence electrons. The van der Waals surface area contributed by atoms with Crippen LogP contribution in [0.15, 0.2) is 72.8 Å². The van der Waals surface area contributed by atoms with Gasteiger partial charge in [0.1, 0.15) is 0 Å². The fourth-order valence-corrected chi connectivity index (χ4v) is 5.30. The Bertz CT molecular complexity index is 1400. The number of hydrogen-bond acceptors (Lipinski definition) is 1. The summed E-state index contributed by atoms with van der Waals surface area (Å²) in [7, 11) is 0. The van der Waals surface area contributed by atoms with Gasteiger partial charge < -0.3 is 0 Å². The Kier molecular flexibility index (Phi) is 3.12. The fraction of sp³-hybridized carbons (Fsp3) is 0.0769. The van der Waals surface area contributed by atoms with Gasteiger partial charge in [0.25, 0.3) is 0 Å². The Morgan fingerprint density at radius 3 is 2.33 bits per heavy atom. The first-order chi connectivity index (χ1) is 13.3. The molecule has 5 aromatic rings. The summed E-state index contributed by atoms with van der Waals surface area (Å²) >= 11 is 1.90. The molecule has 0 atom stereocenters. The Labute approximate surface area is 162 Å². The van der Waals surface area contributed by atoms with E-state index in [4.69, 9.17) is 0 Å². The molecule has 0 bridgehead atoms. The number of benzene rings is 4. The van der Waals surface area contributed by atoms with Gasteiger partial charge in [-0.15, -0.1) is 11.3 Å². The van der Waals surface area contributed by atoms with Crippen LogP contribution in [-0.2, 0) is 6.42 Å². The lowest BCUT2D eigenvalue weighted by atomic mass is 9.94. The molecule has 4 aromatic carbocycles. The van der Waals surface area contributed by atoms with Gasteiger partial charge in [0.05, 0.1) is 0 Å². The zero-order chi connectivity index (χ0) is 18.0. The Morgan fingerprint density at radius 1 is 0.704 bits per heavy atom. The van der Waals surface area contributed by atoms with Crippen molar-refractivity contribution in [3.8, 4) is 0 Å². The molecular weight excluding hydrogens is 344 g/mol. The van der Waals surface area contributed by atoms with E-state index in [1.54, 1.807) is 0 Å². The molecule has 0 nitrogen and oxygen atoms in total. The van der Waals surface area contributed by atoms with Crippen molar-refractivity contribution >= 4 is 55.3 Å². The van der Waals surface area contributed by atoms with Crippen molar-refractivity contribution in [3.63, 3.8) is 0 Å². The summed E-state index contributed by atoms with van der Waals surface area (Å²) in [6.45, 7) is 2.18. The molecule has 0 unspecified atom stereocenters. The van der Waals surface area contributed by atoms with E-state index in [2.05, 4.69) is 85.8 Å². The molecule has 0 radical (unpaired) electrons. The number of allylic oxidation sites excluding steroid dienone is 1. The summed E-state index contributed by atoms with van der Waals surface area (Å²) in [5.74, 6) is 0. The lowest BCUT2D eigenvalue weighted by molar-refractivity contribution is 1.34. The second-order valence-electron chi connectivity index (χ2n) is 7.48. The van der Waals surface area contributed by atoms with Gasteiger partial charge in [-0.25, -0.2) is 0 Å². The molecule has 1 aromatic heterocycles. The summed E-state index contributed by atoms with van der Waals surface area (Å²) in [6.07, 6.45) is 3.46. The van der Waals surface area contributed by atoms with Crippen LogP contribution < -0.4 is 0 Å². The molecule has 0 saturated carbocycles. The van der Waals surface area contributed by atoms with E-state index in [9.17, 15) is 0 Å². The summed E-state index contributed by atoms with van der Waals surface area (Å²) < 4.78 is 0. The van der Waals surface area contributed by atoms with E-state index in [1.807, 2.05) is 11.3 Å². The molecule has 0 amide bonds. The molecule has 1 aliphatic carbocycles. The predicted octanol–water partition coefficient (Wildman–Crippen LogP) is 7.61.